The fraction of sp³-hybridized carbons (Fsp3) is 0.270. The summed E-state index contributed by atoms with van der Waals surface area (Å²) < 4.78 is 41.1. The molecule has 50 heavy (non-hydrogen) atoms. The number of methoxy groups -OCH3 is 2. The Labute approximate surface area is 287 Å². The molecule has 262 valence electrons. The number of halogens is 2. The zero-order valence-corrected chi connectivity index (χ0v) is 28.1. The molecule has 0 bridgehead atoms. The molecule has 0 unspecified atom stereocenters. The number of aromatic hydroxyl groups is 1. The molecule has 0 saturated carbocycles. The second-order valence-corrected chi connectivity index (χ2v) is 11.8. The Balaban J connectivity index is 0.000000278. The van der Waals surface area contributed by atoms with Gasteiger partial charge in [0.15, 0.2) is 17.3 Å². The predicted octanol–water partition coefficient (Wildman–Crippen LogP) is 6.70. The van der Waals surface area contributed by atoms with E-state index in [-0.39, 0.29) is 48.6 Å². The Morgan fingerprint density at radius 3 is 1.56 bits per heavy atom. The van der Waals surface area contributed by atoms with Crippen LogP contribution in [0.15, 0.2) is 73.1 Å². The maximum Gasteiger partial charge on any atom is 0.316 e. The van der Waals surface area contributed by atoms with Crippen LogP contribution in [0.5, 0.6) is 11.5 Å². The van der Waals surface area contributed by atoms with Crippen molar-refractivity contribution in [2.75, 3.05) is 14.2 Å². The summed E-state index contributed by atoms with van der Waals surface area (Å²) in [5.74, 6) is -3.69. The van der Waals surface area contributed by atoms with Crippen LogP contribution in [0.4, 0.5) is 8.78 Å². The van der Waals surface area contributed by atoms with E-state index in [4.69, 9.17) is 4.74 Å². The van der Waals surface area contributed by atoms with Crippen LogP contribution < -0.4 is 4.74 Å². The fourth-order valence-electron chi connectivity index (χ4n) is 4.18. The first kappa shape index (κ1) is 38.6. The maximum atomic E-state index is 13.5. The van der Waals surface area contributed by atoms with E-state index in [1.165, 1.54) is 69.1 Å². The molecule has 0 fully saturated rings. The Morgan fingerprint density at radius 2 is 1.12 bits per heavy atom. The number of hydrogen-bond donors (Lipinski definition) is 1. The minimum Gasteiger partial charge on any atom is -0.506 e. The van der Waals surface area contributed by atoms with Crippen LogP contribution in [-0.2, 0) is 23.9 Å². The first-order valence-corrected chi connectivity index (χ1v) is 15.3. The molecular weight excluding hydrogens is 654 g/mol. The highest BCUT2D eigenvalue weighted by atomic mass is 19.1. The van der Waals surface area contributed by atoms with Crippen molar-refractivity contribution in [1.29, 1.82) is 0 Å². The molecule has 4 rings (SSSR count). The quantitative estimate of drug-likeness (QED) is 0.132. The minimum absolute atomic E-state index is 0.0310. The number of Topliss-reactive ketones (excluding diaryl/α,β-unsaturated/α-hetero) is 2. The van der Waals surface area contributed by atoms with Crippen LogP contribution in [0, 0.1) is 17.0 Å². The van der Waals surface area contributed by atoms with Crippen LogP contribution in [-0.4, -0.2) is 58.8 Å². The lowest BCUT2D eigenvalue weighted by Gasteiger charge is -2.18. The molecule has 0 spiro atoms. The number of aromatic nitrogens is 2. The molecule has 1 N–H and O–H groups in total. The first-order chi connectivity index (χ1) is 23.6. The SMILES string of the molecule is COC(=O)CCC(=O)c1ncc(-c2cccc(F)c2)cc1O.COC(=O)CCC(=O)c1ncc(-c2cccc(F)c2)cc1OC(=O)C(C)(C)C. The summed E-state index contributed by atoms with van der Waals surface area (Å²) in [4.78, 5) is 67.1. The van der Waals surface area contributed by atoms with Gasteiger partial charge >= 0.3 is 17.9 Å². The number of benzene rings is 2. The molecule has 13 heteroatoms. The third kappa shape index (κ3) is 11.1. The third-order valence-electron chi connectivity index (χ3n) is 6.95. The molecule has 0 atom stereocenters. The number of esters is 3. The van der Waals surface area contributed by atoms with Gasteiger partial charge in [0.25, 0.3) is 0 Å². The first-order valence-electron chi connectivity index (χ1n) is 15.3. The highest BCUT2D eigenvalue weighted by molar-refractivity contribution is 5.99. The standard InChI is InChI=1S/C21H22FNO5.C16H14FNO4/c1-21(2,3)20(26)28-17-11-14(13-6-5-7-15(22)10-13)12-23-19(17)16(24)8-9-18(25)27-4;1-22-15(21)6-5-13(19)16-14(20)8-11(9-18-16)10-3-2-4-12(17)7-10/h5-7,10-12H,8-9H2,1-4H3;2-4,7-9,20H,5-6H2,1H3. The number of rotatable bonds is 11. The largest absolute Gasteiger partial charge is 0.506 e. The highest BCUT2D eigenvalue weighted by Crippen LogP contribution is 2.30. The van der Waals surface area contributed by atoms with E-state index in [9.17, 15) is 37.9 Å². The lowest BCUT2D eigenvalue weighted by atomic mass is 9.97. The van der Waals surface area contributed by atoms with Gasteiger partial charge in [-0.25, -0.2) is 18.7 Å². The number of ketones is 2. The second-order valence-electron chi connectivity index (χ2n) is 11.8. The number of nitrogens with zero attached hydrogens (tertiary/aromatic N) is 2. The van der Waals surface area contributed by atoms with Crippen LogP contribution >= 0.6 is 0 Å². The molecule has 11 nitrogen and oxygen atoms in total. The lowest BCUT2D eigenvalue weighted by molar-refractivity contribution is -0.143. The van der Waals surface area contributed by atoms with Crippen LogP contribution in [0.25, 0.3) is 22.3 Å². The van der Waals surface area contributed by atoms with Crippen LogP contribution in [0.2, 0.25) is 0 Å². The minimum atomic E-state index is -0.804. The topological polar surface area (TPSA) is 159 Å². The van der Waals surface area contributed by atoms with Gasteiger partial charge in [0.2, 0.25) is 0 Å². The molecule has 0 saturated heterocycles. The van der Waals surface area contributed by atoms with E-state index in [1.54, 1.807) is 39.0 Å². The van der Waals surface area contributed by atoms with E-state index in [1.807, 2.05) is 0 Å². The van der Waals surface area contributed by atoms with Gasteiger partial charge in [0.05, 0.1) is 32.5 Å². The average molecular weight is 691 g/mol. The van der Waals surface area contributed by atoms with Crippen molar-refractivity contribution in [3.8, 4) is 33.8 Å². The number of hydrogen-bond acceptors (Lipinski definition) is 11. The zero-order valence-electron chi connectivity index (χ0n) is 28.1. The number of carbonyl (C=O) groups excluding carboxylic acids is 5. The van der Waals surface area contributed by atoms with E-state index >= 15 is 0 Å². The molecule has 2 aromatic heterocycles. The van der Waals surface area contributed by atoms with Gasteiger partial charge in [-0.05, 0) is 68.3 Å². The Morgan fingerprint density at radius 1 is 0.660 bits per heavy atom. The highest BCUT2D eigenvalue weighted by Gasteiger charge is 2.27. The zero-order chi connectivity index (χ0) is 37.0. The molecule has 4 aromatic rings. The molecule has 0 aliphatic rings. The summed E-state index contributed by atoms with van der Waals surface area (Å²) in [5.41, 5.74) is 1.04. The summed E-state index contributed by atoms with van der Waals surface area (Å²) in [5, 5.41) is 9.92. The van der Waals surface area contributed by atoms with Gasteiger partial charge in [0, 0.05) is 36.4 Å². The predicted molar refractivity (Wildman–Crippen MR) is 177 cm³/mol. The molecular formula is C37H36F2N2O9. The summed E-state index contributed by atoms with van der Waals surface area (Å²) in [7, 11) is 2.46. The summed E-state index contributed by atoms with van der Waals surface area (Å²) in [6.45, 7) is 5.04. The monoisotopic (exact) mass is 690 g/mol. The van der Waals surface area contributed by atoms with Gasteiger partial charge in [-0.15, -0.1) is 0 Å². The van der Waals surface area contributed by atoms with Crippen molar-refractivity contribution >= 4 is 29.5 Å². The van der Waals surface area contributed by atoms with Gasteiger partial charge in [0.1, 0.15) is 28.8 Å². The van der Waals surface area contributed by atoms with E-state index in [0.717, 1.165) is 0 Å². The van der Waals surface area contributed by atoms with Crippen LogP contribution in [0.1, 0.15) is 67.4 Å². The second kappa shape index (κ2) is 17.5. The fourth-order valence-corrected chi connectivity index (χ4v) is 4.18. The van der Waals surface area contributed by atoms with Gasteiger partial charge < -0.3 is 19.3 Å². The molecule has 0 aliphatic carbocycles. The molecule has 0 amide bonds. The molecule has 2 heterocycles. The lowest BCUT2D eigenvalue weighted by Crippen LogP contribution is -2.26. The molecule has 2 aromatic carbocycles. The van der Waals surface area contributed by atoms with Crippen LogP contribution in [0.3, 0.4) is 0 Å². The Hall–Kier alpha value is -5.85. The van der Waals surface area contributed by atoms with Gasteiger partial charge in [-0.3, -0.25) is 24.0 Å². The maximum absolute atomic E-state index is 13.5. The van der Waals surface area contributed by atoms with E-state index < -0.39 is 46.5 Å². The summed E-state index contributed by atoms with van der Waals surface area (Å²) in [6, 6.07) is 14.5. The van der Waals surface area contributed by atoms with Crippen molar-refractivity contribution in [2.24, 2.45) is 5.41 Å². The van der Waals surface area contributed by atoms with Crippen molar-refractivity contribution in [3.63, 3.8) is 0 Å². The smallest absolute Gasteiger partial charge is 0.316 e. The average Bonchev–Trinajstić information content (AvgIpc) is 3.09. The van der Waals surface area contributed by atoms with Crippen molar-refractivity contribution in [3.05, 3.63) is 96.1 Å². The number of ether oxygens (including phenoxy) is 3. The molecule has 0 aliphatic heterocycles. The number of pyridine rings is 2. The summed E-state index contributed by atoms with van der Waals surface area (Å²) in [6.07, 6.45) is 2.33. The van der Waals surface area contributed by atoms with Crippen molar-refractivity contribution in [1.82, 2.24) is 9.97 Å². The summed E-state index contributed by atoms with van der Waals surface area (Å²) >= 11 is 0. The van der Waals surface area contributed by atoms with Crippen molar-refractivity contribution in [2.45, 2.75) is 46.5 Å². The van der Waals surface area contributed by atoms with Gasteiger partial charge in [-0.1, -0.05) is 24.3 Å². The molecule has 0 radical (unpaired) electrons. The normalized spacial score (nSPS) is 10.7. The van der Waals surface area contributed by atoms with Crippen molar-refractivity contribution < 1.29 is 52.1 Å². The number of carbonyl (C=O) groups is 5. The Kier molecular flexibility index (Phi) is 13.5. The van der Waals surface area contributed by atoms with E-state index in [0.29, 0.717) is 22.3 Å². The Bertz CT molecular complexity index is 1890. The third-order valence-corrected chi connectivity index (χ3v) is 6.95. The van der Waals surface area contributed by atoms with E-state index in [2.05, 4.69) is 19.4 Å². The van der Waals surface area contributed by atoms with Gasteiger partial charge in [-0.2, -0.15) is 0 Å².